The first-order chi connectivity index (χ1) is 14.0. The molecule has 0 radical (unpaired) electrons. The summed E-state index contributed by atoms with van der Waals surface area (Å²) in [4.78, 5) is 19.9. The number of aryl methyl sites for hydroxylation is 2. The molecule has 3 heterocycles. The van der Waals surface area contributed by atoms with Gasteiger partial charge < -0.3 is 14.2 Å². The first-order valence-electron chi connectivity index (χ1n) is 10.5. The van der Waals surface area contributed by atoms with Gasteiger partial charge in [0.15, 0.2) is 11.6 Å². The number of benzene rings is 1. The van der Waals surface area contributed by atoms with E-state index in [9.17, 15) is 0 Å². The van der Waals surface area contributed by atoms with Gasteiger partial charge in [0.2, 0.25) is 5.96 Å². The molecule has 1 aromatic heterocycles. The fourth-order valence-corrected chi connectivity index (χ4v) is 3.90. The molecule has 1 aromatic carbocycles. The number of nitrogens with one attached hydrogen (secondary N) is 1. The molecule has 156 valence electrons. The zero-order valence-corrected chi connectivity index (χ0v) is 17.6. The highest BCUT2D eigenvalue weighted by Gasteiger charge is 2.40. The van der Waals surface area contributed by atoms with Crippen LogP contribution in [0.4, 0.5) is 0 Å². The molecule has 29 heavy (non-hydrogen) atoms. The molecule has 0 saturated carbocycles. The molecule has 0 unspecified atom stereocenters. The summed E-state index contributed by atoms with van der Waals surface area (Å²) in [6.07, 6.45) is 5.77. The van der Waals surface area contributed by atoms with Crippen LogP contribution in [0.1, 0.15) is 48.9 Å². The van der Waals surface area contributed by atoms with Gasteiger partial charge in [-0.2, -0.15) is 0 Å². The Bertz CT molecular complexity index is 837. The lowest BCUT2D eigenvalue weighted by molar-refractivity contribution is -0.0875. The van der Waals surface area contributed by atoms with E-state index in [1.807, 2.05) is 6.92 Å². The second kappa shape index (κ2) is 8.55. The molecule has 2 aliphatic rings. The minimum absolute atomic E-state index is 0.454. The van der Waals surface area contributed by atoms with Gasteiger partial charge in [0, 0.05) is 39.4 Å². The number of guanidine groups is 1. The highest BCUT2D eigenvalue weighted by Crippen LogP contribution is 2.30. The molecule has 0 amide bonds. The van der Waals surface area contributed by atoms with Crippen molar-refractivity contribution in [1.82, 2.24) is 20.3 Å². The largest absolute Gasteiger partial charge is 0.449 e. The van der Waals surface area contributed by atoms with Gasteiger partial charge in [-0.3, -0.25) is 0 Å². The van der Waals surface area contributed by atoms with Crippen LogP contribution < -0.4 is 5.48 Å². The molecule has 0 bridgehead atoms. The molecule has 2 aromatic rings. The summed E-state index contributed by atoms with van der Waals surface area (Å²) in [6, 6.07) is 8.84. The fourth-order valence-electron chi connectivity index (χ4n) is 3.90. The Labute approximate surface area is 172 Å². The molecule has 7 nitrogen and oxygen atoms in total. The molecule has 2 aliphatic heterocycles. The molecule has 0 atom stereocenters. The van der Waals surface area contributed by atoms with E-state index in [-0.39, 0.29) is 0 Å². The van der Waals surface area contributed by atoms with Crippen LogP contribution in [0.5, 0.6) is 0 Å². The quantitative estimate of drug-likeness (QED) is 0.807. The normalized spacial score (nSPS) is 18.7. The molecular formula is C22H31N5O2. The van der Waals surface area contributed by atoms with E-state index in [1.165, 1.54) is 11.1 Å². The number of aliphatic imine (C=N–C) groups is 1. The van der Waals surface area contributed by atoms with Gasteiger partial charge in [-0.15, -0.1) is 0 Å². The van der Waals surface area contributed by atoms with Crippen molar-refractivity contribution in [2.75, 3.05) is 20.1 Å². The molecule has 1 spiro atoms. The topological polar surface area (TPSA) is 66.1 Å². The Balaban J connectivity index is 1.53. The number of hydrogen-bond acceptors (Lipinski definition) is 7. The third-order valence-corrected chi connectivity index (χ3v) is 5.66. The standard InChI is InChI=1S/C22H31N5O2/c1-4-5-18-6-8-19(9-7-18)14-27(15-20-16-28-17(2)23-20)21-24-22(29-25-21)10-12-26(3)13-11-22/h6-9,16H,4-5,10-15H2,1-3H3,(H,24,25). The number of nitrogens with zero attached hydrogens (tertiary/aromatic N) is 4. The van der Waals surface area contributed by atoms with Gasteiger partial charge in [0.05, 0.1) is 12.2 Å². The smallest absolute Gasteiger partial charge is 0.222 e. The van der Waals surface area contributed by atoms with Crippen LogP contribution in [0.15, 0.2) is 39.9 Å². The molecule has 1 saturated heterocycles. The third kappa shape index (κ3) is 4.79. The van der Waals surface area contributed by atoms with E-state index in [0.717, 1.165) is 57.0 Å². The van der Waals surface area contributed by atoms with Crippen molar-refractivity contribution in [1.29, 1.82) is 0 Å². The lowest BCUT2D eigenvalue weighted by atomic mass is 10.0. The second-order valence-corrected chi connectivity index (χ2v) is 8.17. The predicted octanol–water partition coefficient (Wildman–Crippen LogP) is 3.25. The van der Waals surface area contributed by atoms with Crippen molar-refractivity contribution in [2.45, 2.75) is 58.3 Å². The van der Waals surface area contributed by atoms with Crippen molar-refractivity contribution in [3.05, 3.63) is 53.2 Å². The van der Waals surface area contributed by atoms with Crippen LogP contribution >= 0.6 is 0 Å². The Morgan fingerprint density at radius 1 is 1.14 bits per heavy atom. The van der Waals surface area contributed by atoms with Crippen LogP contribution in [0.2, 0.25) is 0 Å². The number of aromatic nitrogens is 1. The number of rotatable bonds is 6. The van der Waals surface area contributed by atoms with Crippen molar-refractivity contribution in [2.24, 2.45) is 4.99 Å². The predicted molar refractivity (Wildman–Crippen MR) is 112 cm³/mol. The minimum atomic E-state index is -0.454. The summed E-state index contributed by atoms with van der Waals surface area (Å²) in [7, 11) is 2.14. The van der Waals surface area contributed by atoms with Crippen molar-refractivity contribution < 1.29 is 9.25 Å². The molecule has 4 rings (SSSR count). The maximum atomic E-state index is 5.99. The average Bonchev–Trinajstić information content (AvgIpc) is 3.32. The van der Waals surface area contributed by atoms with Gasteiger partial charge in [-0.05, 0) is 24.6 Å². The summed E-state index contributed by atoms with van der Waals surface area (Å²) >= 11 is 0. The zero-order valence-electron chi connectivity index (χ0n) is 17.6. The Morgan fingerprint density at radius 2 is 1.86 bits per heavy atom. The van der Waals surface area contributed by atoms with E-state index < -0.39 is 5.72 Å². The fraction of sp³-hybridized carbons (Fsp3) is 0.545. The highest BCUT2D eigenvalue weighted by atomic mass is 16.7. The van der Waals surface area contributed by atoms with Crippen LogP contribution in [0, 0.1) is 6.92 Å². The Hall–Kier alpha value is -2.38. The number of hydrogen-bond donors (Lipinski definition) is 1. The molecule has 7 heteroatoms. The maximum Gasteiger partial charge on any atom is 0.222 e. The Morgan fingerprint density at radius 3 is 2.52 bits per heavy atom. The van der Waals surface area contributed by atoms with Crippen LogP contribution in [-0.2, 0) is 24.3 Å². The zero-order chi connectivity index (χ0) is 20.3. The van der Waals surface area contributed by atoms with Gasteiger partial charge in [0.1, 0.15) is 6.26 Å². The van der Waals surface area contributed by atoms with Crippen molar-refractivity contribution in [3.8, 4) is 0 Å². The van der Waals surface area contributed by atoms with Gasteiger partial charge >= 0.3 is 0 Å². The molecular weight excluding hydrogens is 366 g/mol. The van der Waals surface area contributed by atoms with Crippen LogP contribution in [0.25, 0.3) is 0 Å². The lowest BCUT2D eigenvalue weighted by Gasteiger charge is -2.33. The summed E-state index contributed by atoms with van der Waals surface area (Å²) in [6.45, 7) is 7.38. The van der Waals surface area contributed by atoms with E-state index in [1.54, 1.807) is 6.26 Å². The van der Waals surface area contributed by atoms with Crippen molar-refractivity contribution in [3.63, 3.8) is 0 Å². The first-order valence-corrected chi connectivity index (χ1v) is 10.5. The number of likely N-dealkylation sites (tertiary alicyclic amines) is 1. The van der Waals surface area contributed by atoms with Gasteiger partial charge in [0.25, 0.3) is 0 Å². The Kier molecular flexibility index (Phi) is 5.87. The van der Waals surface area contributed by atoms with E-state index in [2.05, 4.69) is 58.5 Å². The molecule has 0 aliphatic carbocycles. The third-order valence-electron chi connectivity index (χ3n) is 5.66. The monoisotopic (exact) mass is 397 g/mol. The summed E-state index contributed by atoms with van der Waals surface area (Å²) in [5.74, 6) is 1.45. The SMILES string of the molecule is CCCc1ccc(CN(Cc2coc(C)n2)C2=NC3(CCN(C)CC3)ON2)cc1. The number of hydroxylamine groups is 1. The highest BCUT2D eigenvalue weighted by molar-refractivity contribution is 5.80. The summed E-state index contributed by atoms with van der Waals surface area (Å²) in [5, 5.41) is 0. The van der Waals surface area contributed by atoms with Crippen LogP contribution in [0.3, 0.4) is 0 Å². The van der Waals surface area contributed by atoms with Crippen LogP contribution in [-0.4, -0.2) is 46.6 Å². The van der Waals surface area contributed by atoms with Crippen molar-refractivity contribution >= 4 is 5.96 Å². The first kappa shape index (κ1) is 19.9. The lowest BCUT2D eigenvalue weighted by Crippen LogP contribution is -2.43. The minimum Gasteiger partial charge on any atom is -0.449 e. The second-order valence-electron chi connectivity index (χ2n) is 8.17. The van der Waals surface area contributed by atoms with Gasteiger partial charge in [-0.25, -0.2) is 20.3 Å². The number of oxazole rings is 1. The molecule has 1 N–H and O–H groups in total. The summed E-state index contributed by atoms with van der Waals surface area (Å²) in [5.41, 5.74) is 6.15. The summed E-state index contributed by atoms with van der Waals surface area (Å²) < 4.78 is 5.41. The average molecular weight is 398 g/mol. The maximum absolute atomic E-state index is 5.99. The van der Waals surface area contributed by atoms with E-state index >= 15 is 0 Å². The van der Waals surface area contributed by atoms with E-state index in [0.29, 0.717) is 12.4 Å². The number of piperidine rings is 1. The van der Waals surface area contributed by atoms with Gasteiger partial charge in [-0.1, -0.05) is 37.6 Å². The van der Waals surface area contributed by atoms with E-state index in [4.69, 9.17) is 14.2 Å². The molecule has 1 fully saturated rings.